The number of thiocarbonyl (C=S) groups is 1. The normalized spacial score (nSPS) is 10.1. The topological polar surface area (TPSA) is 119 Å². The molecule has 0 radical (unpaired) electrons. The van der Waals surface area contributed by atoms with Gasteiger partial charge in [0.2, 0.25) is 0 Å². The molecule has 0 bridgehead atoms. The third-order valence-corrected chi connectivity index (χ3v) is 4.38. The molecule has 0 saturated carbocycles. The molecule has 0 aliphatic rings. The number of amides is 1. The Labute approximate surface area is 188 Å². The molecular weight excluding hydrogens is 434 g/mol. The van der Waals surface area contributed by atoms with Gasteiger partial charge in [-0.3, -0.25) is 4.79 Å². The van der Waals surface area contributed by atoms with Crippen LogP contribution in [0.4, 0.5) is 17.1 Å². The molecule has 164 valence electrons. The summed E-state index contributed by atoms with van der Waals surface area (Å²) in [6, 6.07) is 14.4. The minimum Gasteiger partial charge on any atom is -0.465 e. The maximum atomic E-state index is 12.0. The van der Waals surface area contributed by atoms with E-state index in [2.05, 4.69) is 16.0 Å². The molecule has 1 amide bonds. The third-order valence-electron chi connectivity index (χ3n) is 4.18. The molecule has 3 N–H and O–H groups in total. The molecule has 0 fully saturated rings. The van der Waals surface area contributed by atoms with E-state index in [1.807, 2.05) is 0 Å². The highest BCUT2D eigenvalue weighted by Crippen LogP contribution is 2.19. The molecule has 1 heterocycles. The lowest BCUT2D eigenvalue weighted by molar-refractivity contribution is 0.0599. The van der Waals surface area contributed by atoms with Gasteiger partial charge in [0.15, 0.2) is 10.9 Å². The average molecular weight is 453 g/mol. The van der Waals surface area contributed by atoms with Crippen LogP contribution in [-0.2, 0) is 9.47 Å². The summed E-state index contributed by atoms with van der Waals surface area (Å²) in [4.78, 5) is 35.8. The lowest BCUT2D eigenvalue weighted by atomic mass is 10.1. The van der Waals surface area contributed by atoms with Crippen molar-refractivity contribution in [3.8, 4) is 0 Å². The van der Waals surface area contributed by atoms with Crippen molar-refractivity contribution in [1.82, 2.24) is 0 Å². The number of hydrogen-bond donors (Lipinski definition) is 3. The highest BCUT2D eigenvalue weighted by atomic mass is 32.1. The molecule has 0 atom stereocenters. The minimum absolute atomic E-state index is 0.164. The first-order valence-electron chi connectivity index (χ1n) is 9.24. The van der Waals surface area contributed by atoms with Crippen LogP contribution < -0.4 is 16.0 Å². The van der Waals surface area contributed by atoms with Gasteiger partial charge < -0.3 is 29.8 Å². The van der Waals surface area contributed by atoms with Crippen LogP contribution >= 0.6 is 12.2 Å². The van der Waals surface area contributed by atoms with Crippen molar-refractivity contribution in [3.05, 3.63) is 77.7 Å². The quantitative estimate of drug-likeness (QED) is 0.377. The summed E-state index contributed by atoms with van der Waals surface area (Å²) in [5.74, 6) is -1.37. The van der Waals surface area contributed by atoms with E-state index in [1.54, 1.807) is 36.4 Å². The summed E-state index contributed by atoms with van der Waals surface area (Å²) >= 11 is 5.31. The van der Waals surface area contributed by atoms with Gasteiger partial charge in [-0.05, 0) is 66.8 Å². The van der Waals surface area contributed by atoms with Gasteiger partial charge in [0.05, 0.1) is 31.6 Å². The number of hydrogen-bond acceptors (Lipinski definition) is 7. The zero-order chi connectivity index (χ0) is 23.1. The van der Waals surface area contributed by atoms with Gasteiger partial charge in [-0.15, -0.1) is 0 Å². The summed E-state index contributed by atoms with van der Waals surface area (Å²) in [6.45, 7) is 0. The van der Waals surface area contributed by atoms with Crippen LogP contribution in [-0.4, -0.2) is 37.2 Å². The standard InChI is InChI=1S/C22H19N3O6S/c1-29-20(27)13-10-14(21(28)30-2)12-17(11-13)25-22(32)24-16-7-5-15(6-8-16)23-19(26)18-4-3-9-31-18/h3-12H,1-2H3,(H,23,26)(H2,24,25,32). The fourth-order valence-corrected chi connectivity index (χ4v) is 2.94. The molecule has 0 aliphatic heterocycles. The van der Waals surface area contributed by atoms with Crippen molar-refractivity contribution >= 4 is 52.2 Å². The van der Waals surface area contributed by atoms with Crippen molar-refractivity contribution < 1.29 is 28.3 Å². The monoisotopic (exact) mass is 453 g/mol. The second-order valence-corrected chi connectivity index (χ2v) is 6.78. The molecule has 0 unspecified atom stereocenters. The summed E-state index contributed by atoms with van der Waals surface area (Å²) in [5, 5.41) is 8.83. The molecule has 9 nitrogen and oxygen atoms in total. The van der Waals surface area contributed by atoms with Gasteiger partial charge in [0, 0.05) is 17.1 Å². The van der Waals surface area contributed by atoms with Crippen LogP contribution in [0.5, 0.6) is 0 Å². The van der Waals surface area contributed by atoms with Crippen LogP contribution in [0.15, 0.2) is 65.3 Å². The maximum absolute atomic E-state index is 12.0. The molecule has 0 aliphatic carbocycles. The van der Waals surface area contributed by atoms with Gasteiger partial charge in [0.1, 0.15) is 0 Å². The van der Waals surface area contributed by atoms with E-state index in [0.717, 1.165) is 0 Å². The smallest absolute Gasteiger partial charge is 0.337 e. The van der Waals surface area contributed by atoms with Crippen LogP contribution in [0.25, 0.3) is 0 Å². The number of benzene rings is 2. The Balaban J connectivity index is 1.66. The fraction of sp³-hybridized carbons (Fsp3) is 0.0909. The molecule has 3 aromatic rings. The average Bonchev–Trinajstić information content (AvgIpc) is 3.34. The van der Waals surface area contributed by atoms with Gasteiger partial charge in [-0.2, -0.15) is 0 Å². The fourth-order valence-electron chi connectivity index (χ4n) is 2.70. The molecule has 2 aromatic carbocycles. The molecule has 1 aromatic heterocycles. The number of nitrogens with one attached hydrogen (secondary N) is 3. The van der Waals surface area contributed by atoms with Gasteiger partial charge in [-0.1, -0.05) is 0 Å². The highest BCUT2D eigenvalue weighted by Gasteiger charge is 2.14. The summed E-state index contributed by atoms with van der Waals surface area (Å²) in [5.41, 5.74) is 1.95. The van der Waals surface area contributed by atoms with Crippen molar-refractivity contribution in [2.45, 2.75) is 0 Å². The van der Waals surface area contributed by atoms with Crippen molar-refractivity contribution in [2.24, 2.45) is 0 Å². The number of carbonyl (C=O) groups excluding carboxylic acids is 3. The maximum Gasteiger partial charge on any atom is 0.337 e. The molecular formula is C22H19N3O6S. The van der Waals surface area contributed by atoms with E-state index in [-0.39, 0.29) is 27.9 Å². The van der Waals surface area contributed by atoms with E-state index in [4.69, 9.17) is 26.1 Å². The number of methoxy groups -OCH3 is 2. The first-order chi connectivity index (χ1) is 15.4. The first kappa shape index (κ1) is 22.5. The van der Waals surface area contributed by atoms with Gasteiger partial charge in [0.25, 0.3) is 5.91 Å². The predicted octanol–water partition coefficient (Wildman–Crippen LogP) is 3.91. The Morgan fingerprint density at radius 1 is 0.781 bits per heavy atom. The van der Waals surface area contributed by atoms with E-state index in [1.165, 1.54) is 38.7 Å². The summed E-state index contributed by atoms with van der Waals surface area (Å²) in [6.07, 6.45) is 1.42. The highest BCUT2D eigenvalue weighted by molar-refractivity contribution is 7.80. The number of carbonyl (C=O) groups is 3. The largest absolute Gasteiger partial charge is 0.465 e. The van der Waals surface area contributed by atoms with Gasteiger partial charge >= 0.3 is 11.9 Å². The van der Waals surface area contributed by atoms with Crippen LogP contribution in [0.2, 0.25) is 0 Å². The zero-order valence-electron chi connectivity index (χ0n) is 17.1. The Bertz CT molecular complexity index is 1110. The molecule has 0 spiro atoms. The van der Waals surface area contributed by atoms with Crippen molar-refractivity contribution in [3.63, 3.8) is 0 Å². The van der Waals surface area contributed by atoms with E-state index in [9.17, 15) is 14.4 Å². The number of rotatable bonds is 6. The number of ether oxygens (including phenoxy) is 2. The zero-order valence-corrected chi connectivity index (χ0v) is 17.9. The van der Waals surface area contributed by atoms with Crippen LogP contribution in [0.1, 0.15) is 31.3 Å². The van der Waals surface area contributed by atoms with E-state index < -0.39 is 11.9 Å². The van der Waals surface area contributed by atoms with E-state index >= 15 is 0 Å². The van der Waals surface area contributed by atoms with Crippen LogP contribution in [0.3, 0.4) is 0 Å². The van der Waals surface area contributed by atoms with Crippen LogP contribution in [0, 0.1) is 0 Å². The summed E-state index contributed by atoms with van der Waals surface area (Å²) in [7, 11) is 2.49. The van der Waals surface area contributed by atoms with Crippen molar-refractivity contribution in [1.29, 1.82) is 0 Å². The Hall–Kier alpha value is -4.18. The number of esters is 2. The Kier molecular flexibility index (Phi) is 7.19. The van der Waals surface area contributed by atoms with E-state index in [0.29, 0.717) is 17.1 Å². The molecule has 10 heteroatoms. The SMILES string of the molecule is COC(=O)c1cc(NC(=S)Nc2ccc(NC(=O)c3ccco3)cc2)cc(C(=O)OC)c1. The lowest BCUT2D eigenvalue weighted by Gasteiger charge is -2.13. The second-order valence-electron chi connectivity index (χ2n) is 6.37. The van der Waals surface area contributed by atoms with Gasteiger partial charge in [-0.25, -0.2) is 9.59 Å². The number of anilines is 3. The first-order valence-corrected chi connectivity index (χ1v) is 9.65. The second kappa shape index (κ2) is 10.2. The molecule has 3 rings (SSSR count). The predicted molar refractivity (Wildman–Crippen MR) is 122 cm³/mol. The minimum atomic E-state index is -0.607. The third kappa shape index (κ3) is 5.70. The number of furan rings is 1. The Morgan fingerprint density at radius 3 is 1.81 bits per heavy atom. The summed E-state index contributed by atoms with van der Waals surface area (Å²) < 4.78 is 14.5. The van der Waals surface area contributed by atoms with Crippen molar-refractivity contribution in [2.75, 3.05) is 30.2 Å². The Morgan fingerprint density at radius 2 is 1.31 bits per heavy atom. The molecule has 0 saturated heterocycles. The lowest BCUT2D eigenvalue weighted by Crippen LogP contribution is -2.20. The molecule has 32 heavy (non-hydrogen) atoms.